The number of hydrogen-bond acceptors (Lipinski definition) is 4. The topological polar surface area (TPSA) is 53.4 Å². The summed E-state index contributed by atoms with van der Waals surface area (Å²) >= 11 is 0. The third-order valence-corrected chi connectivity index (χ3v) is 2.62. The zero-order valence-electron chi connectivity index (χ0n) is 11.0. The number of hydrogen-bond donors (Lipinski definition) is 0. The van der Waals surface area contributed by atoms with Gasteiger partial charge in [-0.25, -0.2) is 4.68 Å². The molecule has 0 atom stereocenters. The van der Waals surface area contributed by atoms with E-state index < -0.39 is 0 Å². The van der Waals surface area contributed by atoms with E-state index >= 15 is 0 Å². The Bertz CT molecular complexity index is 608. The number of nitrogens with zero attached hydrogens (tertiary/aromatic N) is 2. The first-order valence-electron chi connectivity index (χ1n) is 5.99. The van der Waals surface area contributed by atoms with Crippen LogP contribution in [0.15, 0.2) is 41.3 Å². The maximum absolute atomic E-state index is 11.6. The zero-order valence-corrected chi connectivity index (χ0v) is 11.0. The van der Waals surface area contributed by atoms with Gasteiger partial charge in [-0.3, -0.25) is 4.79 Å². The van der Waals surface area contributed by atoms with Gasteiger partial charge in [0.2, 0.25) is 0 Å². The first-order chi connectivity index (χ1) is 9.19. The molecule has 0 spiro atoms. The summed E-state index contributed by atoms with van der Waals surface area (Å²) in [7, 11) is 1.61. The average Bonchev–Trinajstić information content (AvgIpc) is 2.41. The van der Waals surface area contributed by atoms with Crippen LogP contribution in [0, 0.1) is 6.92 Å². The van der Waals surface area contributed by atoms with Gasteiger partial charge in [-0.2, -0.15) is 5.10 Å². The summed E-state index contributed by atoms with van der Waals surface area (Å²) in [5, 5.41) is 4.04. The Morgan fingerprint density at radius 3 is 2.79 bits per heavy atom. The maximum Gasteiger partial charge on any atom is 0.267 e. The number of ether oxygens (including phenoxy) is 2. The molecule has 0 fully saturated rings. The molecule has 0 radical (unpaired) electrons. The van der Waals surface area contributed by atoms with Gasteiger partial charge >= 0.3 is 0 Å². The van der Waals surface area contributed by atoms with E-state index in [1.807, 2.05) is 25.1 Å². The van der Waals surface area contributed by atoms with E-state index in [2.05, 4.69) is 5.10 Å². The van der Waals surface area contributed by atoms with Crippen LogP contribution >= 0.6 is 0 Å². The van der Waals surface area contributed by atoms with Crippen molar-refractivity contribution < 1.29 is 9.47 Å². The quantitative estimate of drug-likeness (QED) is 0.820. The Balaban J connectivity index is 1.94. The van der Waals surface area contributed by atoms with Crippen LogP contribution in [-0.2, 0) is 6.54 Å². The second kappa shape index (κ2) is 6.04. The molecule has 0 saturated carbocycles. The number of benzene rings is 1. The van der Waals surface area contributed by atoms with E-state index in [0.29, 0.717) is 18.9 Å². The molecular formula is C14H16N2O3. The van der Waals surface area contributed by atoms with E-state index in [4.69, 9.17) is 9.47 Å². The molecule has 2 aromatic rings. The van der Waals surface area contributed by atoms with Crippen molar-refractivity contribution in [2.24, 2.45) is 0 Å². The van der Waals surface area contributed by atoms with Crippen LogP contribution in [0.5, 0.6) is 11.5 Å². The van der Waals surface area contributed by atoms with Gasteiger partial charge in [-0.15, -0.1) is 0 Å². The highest BCUT2D eigenvalue weighted by atomic mass is 16.5. The molecule has 0 saturated heterocycles. The van der Waals surface area contributed by atoms with Gasteiger partial charge < -0.3 is 9.47 Å². The molecule has 1 aromatic carbocycles. The lowest BCUT2D eigenvalue weighted by molar-refractivity contribution is 0.286. The number of methoxy groups -OCH3 is 1. The standard InChI is InChI=1S/C14H16N2O3/c1-11-8-14(17)16(15-10-11)6-7-19-13-5-3-4-12(9-13)18-2/h3-5,8-10H,6-7H2,1-2H3. The highest BCUT2D eigenvalue weighted by Crippen LogP contribution is 2.18. The zero-order chi connectivity index (χ0) is 13.7. The van der Waals surface area contributed by atoms with Gasteiger partial charge in [0, 0.05) is 12.1 Å². The van der Waals surface area contributed by atoms with Crippen LogP contribution < -0.4 is 15.0 Å². The van der Waals surface area contributed by atoms with E-state index in [-0.39, 0.29) is 5.56 Å². The Morgan fingerprint density at radius 2 is 2.05 bits per heavy atom. The van der Waals surface area contributed by atoms with Gasteiger partial charge in [-0.05, 0) is 24.6 Å². The number of aromatic nitrogens is 2. The third kappa shape index (κ3) is 3.58. The summed E-state index contributed by atoms with van der Waals surface area (Å²) in [6, 6.07) is 8.89. The highest BCUT2D eigenvalue weighted by Gasteiger charge is 2.00. The molecule has 0 aliphatic heterocycles. The molecule has 0 N–H and O–H groups in total. The first kappa shape index (κ1) is 13.1. The van der Waals surface area contributed by atoms with Crippen LogP contribution in [0.4, 0.5) is 0 Å². The van der Waals surface area contributed by atoms with Gasteiger partial charge in [-0.1, -0.05) is 6.07 Å². The molecule has 0 aliphatic carbocycles. The highest BCUT2D eigenvalue weighted by molar-refractivity contribution is 5.32. The fourth-order valence-electron chi connectivity index (χ4n) is 1.63. The van der Waals surface area contributed by atoms with Crippen molar-refractivity contribution in [1.82, 2.24) is 9.78 Å². The lowest BCUT2D eigenvalue weighted by atomic mass is 10.3. The second-order valence-electron chi connectivity index (χ2n) is 4.12. The summed E-state index contributed by atoms with van der Waals surface area (Å²) in [6.45, 7) is 2.63. The molecule has 0 unspecified atom stereocenters. The predicted molar refractivity (Wildman–Crippen MR) is 71.7 cm³/mol. The monoisotopic (exact) mass is 260 g/mol. The molecule has 0 bridgehead atoms. The summed E-state index contributed by atoms with van der Waals surface area (Å²) in [4.78, 5) is 11.6. The molecule has 1 aromatic heterocycles. The number of rotatable bonds is 5. The molecule has 0 aliphatic rings. The third-order valence-electron chi connectivity index (χ3n) is 2.62. The van der Waals surface area contributed by atoms with Gasteiger partial charge in [0.1, 0.15) is 18.1 Å². The first-order valence-corrected chi connectivity index (χ1v) is 5.99. The lowest BCUT2D eigenvalue weighted by Gasteiger charge is -2.08. The van der Waals surface area contributed by atoms with Gasteiger partial charge in [0.25, 0.3) is 5.56 Å². The van der Waals surface area contributed by atoms with Crippen molar-refractivity contribution in [2.45, 2.75) is 13.5 Å². The second-order valence-corrected chi connectivity index (χ2v) is 4.12. The number of aryl methyl sites for hydroxylation is 1. The fourth-order valence-corrected chi connectivity index (χ4v) is 1.63. The minimum Gasteiger partial charge on any atom is -0.497 e. The van der Waals surface area contributed by atoms with Crippen LogP contribution in [0.25, 0.3) is 0 Å². The Hall–Kier alpha value is -2.30. The molecule has 100 valence electrons. The van der Waals surface area contributed by atoms with Crippen LogP contribution in [0.2, 0.25) is 0 Å². The molecule has 19 heavy (non-hydrogen) atoms. The largest absolute Gasteiger partial charge is 0.497 e. The van der Waals surface area contributed by atoms with Crippen LogP contribution in [0.3, 0.4) is 0 Å². The smallest absolute Gasteiger partial charge is 0.267 e. The molecule has 0 amide bonds. The minimum absolute atomic E-state index is 0.116. The Kier molecular flexibility index (Phi) is 4.18. The van der Waals surface area contributed by atoms with Crippen molar-refractivity contribution in [1.29, 1.82) is 0 Å². The summed E-state index contributed by atoms with van der Waals surface area (Å²) in [5.74, 6) is 1.45. The minimum atomic E-state index is -0.116. The molecule has 1 heterocycles. The van der Waals surface area contributed by atoms with E-state index in [1.54, 1.807) is 25.4 Å². The van der Waals surface area contributed by atoms with Crippen molar-refractivity contribution in [2.75, 3.05) is 13.7 Å². The fraction of sp³-hybridized carbons (Fsp3) is 0.286. The summed E-state index contributed by atoms with van der Waals surface area (Å²) in [5.41, 5.74) is 0.740. The molecule has 5 nitrogen and oxygen atoms in total. The SMILES string of the molecule is COc1cccc(OCCn2ncc(C)cc2=O)c1. The van der Waals surface area contributed by atoms with E-state index in [9.17, 15) is 4.79 Å². The molecular weight excluding hydrogens is 244 g/mol. The summed E-state index contributed by atoms with van der Waals surface area (Å²) < 4.78 is 12.0. The van der Waals surface area contributed by atoms with Crippen molar-refractivity contribution in [3.63, 3.8) is 0 Å². The maximum atomic E-state index is 11.6. The Labute approximate surface area is 111 Å². The van der Waals surface area contributed by atoms with E-state index in [0.717, 1.165) is 11.3 Å². The normalized spacial score (nSPS) is 10.2. The molecule has 2 rings (SSSR count). The van der Waals surface area contributed by atoms with E-state index in [1.165, 1.54) is 4.68 Å². The predicted octanol–water partition coefficient (Wildman–Crippen LogP) is 1.64. The average molecular weight is 260 g/mol. The van der Waals surface area contributed by atoms with Gasteiger partial charge in [0.15, 0.2) is 0 Å². The van der Waals surface area contributed by atoms with Crippen LogP contribution in [0.1, 0.15) is 5.56 Å². The Morgan fingerprint density at radius 1 is 1.26 bits per heavy atom. The lowest BCUT2D eigenvalue weighted by Crippen LogP contribution is -2.25. The van der Waals surface area contributed by atoms with Gasteiger partial charge in [0.05, 0.1) is 19.9 Å². The van der Waals surface area contributed by atoms with Crippen molar-refractivity contribution in [3.8, 4) is 11.5 Å². The molecule has 5 heteroatoms. The van der Waals surface area contributed by atoms with Crippen LogP contribution in [-0.4, -0.2) is 23.5 Å². The van der Waals surface area contributed by atoms with Crippen molar-refractivity contribution >= 4 is 0 Å². The summed E-state index contributed by atoms with van der Waals surface area (Å²) in [6.07, 6.45) is 1.66. The van der Waals surface area contributed by atoms with Crippen molar-refractivity contribution in [3.05, 3.63) is 52.4 Å².